The predicted molar refractivity (Wildman–Crippen MR) is 151 cm³/mol. The molecule has 1 aromatic heterocycles. The summed E-state index contributed by atoms with van der Waals surface area (Å²) in [7, 11) is 0. The van der Waals surface area contributed by atoms with Crippen molar-refractivity contribution in [2.24, 2.45) is 11.8 Å². The van der Waals surface area contributed by atoms with Gasteiger partial charge in [-0.2, -0.15) is 12.6 Å². The highest BCUT2D eigenvalue weighted by atomic mass is 32.1. The molecule has 0 radical (unpaired) electrons. The number of hydrogen-bond donors (Lipinski definition) is 2. The van der Waals surface area contributed by atoms with Crippen LogP contribution < -0.4 is 5.32 Å². The summed E-state index contributed by atoms with van der Waals surface area (Å²) in [5, 5.41) is 3.09. The Balaban J connectivity index is 1.64. The van der Waals surface area contributed by atoms with Crippen molar-refractivity contribution in [3.05, 3.63) is 77.8 Å². The molecule has 2 aromatic carbocycles. The molecular formula is C30H35F3N4O2S. The fourth-order valence-electron chi connectivity index (χ4n) is 5.78. The fourth-order valence-corrected chi connectivity index (χ4v) is 5.97. The number of nitrogens with one attached hydrogen (secondary N) is 1. The maximum atomic E-state index is 14.9. The minimum atomic E-state index is -1.07. The molecule has 3 heterocycles. The van der Waals surface area contributed by atoms with Crippen LogP contribution in [-0.2, 0) is 16.1 Å². The predicted octanol–water partition coefficient (Wildman–Crippen LogP) is 5.05. The molecule has 5 rings (SSSR count). The van der Waals surface area contributed by atoms with Crippen LogP contribution in [0.15, 0.2) is 54.7 Å². The number of carbonyl (C=O) groups excluding carboxylic acids is 1. The Bertz CT molecular complexity index is 1290. The average Bonchev–Trinajstić information content (AvgIpc) is 3.56. The van der Waals surface area contributed by atoms with E-state index in [-0.39, 0.29) is 48.5 Å². The van der Waals surface area contributed by atoms with Crippen molar-refractivity contribution >= 4 is 18.5 Å². The number of amides is 1. The molecule has 0 spiro atoms. The molecule has 1 amide bonds. The second-order valence-electron chi connectivity index (χ2n) is 10.6. The van der Waals surface area contributed by atoms with Crippen LogP contribution in [0.3, 0.4) is 0 Å². The van der Waals surface area contributed by atoms with Gasteiger partial charge in [-0.3, -0.25) is 4.79 Å². The fraction of sp³-hybridized carbons (Fsp3) is 0.467. The normalized spacial score (nSPS) is 20.5. The van der Waals surface area contributed by atoms with E-state index < -0.39 is 23.8 Å². The second kappa shape index (κ2) is 13.2. The van der Waals surface area contributed by atoms with Gasteiger partial charge in [0.15, 0.2) is 0 Å². The molecule has 2 aliphatic rings. The van der Waals surface area contributed by atoms with E-state index in [2.05, 4.69) is 17.9 Å². The van der Waals surface area contributed by atoms with Crippen LogP contribution in [-0.4, -0.2) is 65.1 Å². The number of nitrogens with zero attached hydrogens (tertiary/aromatic N) is 3. The molecule has 0 saturated carbocycles. The summed E-state index contributed by atoms with van der Waals surface area (Å²) >= 11 is 4.31. The molecule has 0 unspecified atom stereocenters. The lowest BCUT2D eigenvalue weighted by molar-refractivity contribution is -0.137. The van der Waals surface area contributed by atoms with Crippen LogP contribution in [0.25, 0.3) is 11.3 Å². The van der Waals surface area contributed by atoms with Gasteiger partial charge in [-0.1, -0.05) is 30.3 Å². The largest absolute Gasteiger partial charge is 0.381 e. The van der Waals surface area contributed by atoms with Gasteiger partial charge in [-0.25, -0.2) is 18.2 Å². The lowest BCUT2D eigenvalue weighted by atomic mass is 9.88. The number of imidazole rings is 1. The number of hydrogen-bond acceptors (Lipinski definition) is 5. The van der Waals surface area contributed by atoms with Crippen molar-refractivity contribution in [1.82, 2.24) is 19.8 Å². The minimum absolute atomic E-state index is 0.00725. The van der Waals surface area contributed by atoms with Gasteiger partial charge in [0.05, 0.1) is 11.7 Å². The third-order valence-corrected chi connectivity index (χ3v) is 8.08. The molecule has 0 aliphatic carbocycles. The van der Waals surface area contributed by atoms with E-state index in [0.717, 1.165) is 23.8 Å². The Morgan fingerprint density at radius 1 is 1.15 bits per heavy atom. The van der Waals surface area contributed by atoms with Crippen molar-refractivity contribution in [2.45, 2.75) is 38.0 Å². The van der Waals surface area contributed by atoms with Crippen LogP contribution in [0.4, 0.5) is 13.2 Å². The molecule has 3 aromatic rings. The van der Waals surface area contributed by atoms with E-state index in [1.807, 2.05) is 34.9 Å². The molecule has 40 heavy (non-hydrogen) atoms. The number of ether oxygens (including phenoxy) is 1. The van der Waals surface area contributed by atoms with Crippen LogP contribution >= 0.6 is 12.6 Å². The quantitative estimate of drug-likeness (QED) is 0.334. The third kappa shape index (κ3) is 6.56. The first-order chi connectivity index (χ1) is 19.4. The Morgan fingerprint density at radius 2 is 1.93 bits per heavy atom. The smallest absolute Gasteiger partial charge is 0.224 e. The highest BCUT2D eigenvalue weighted by molar-refractivity contribution is 7.80. The number of carbonyl (C=O) groups is 1. The third-order valence-electron chi connectivity index (χ3n) is 7.85. The van der Waals surface area contributed by atoms with Crippen LogP contribution in [0.1, 0.15) is 36.7 Å². The summed E-state index contributed by atoms with van der Waals surface area (Å²) in [6, 6.07) is 12.6. The van der Waals surface area contributed by atoms with E-state index >= 15 is 0 Å². The highest BCUT2D eigenvalue weighted by Gasteiger charge is 2.39. The van der Waals surface area contributed by atoms with E-state index in [1.54, 1.807) is 11.1 Å². The summed E-state index contributed by atoms with van der Waals surface area (Å²) in [6.45, 7) is 2.46. The van der Waals surface area contributed by atoms with E-state index in [4.69, 9.17) is 9.72 Å². The molecular weight excluding hydrogens is 537 g/mol. The summed E-state index contributed by atoms with van der Waals surface area (Å²) in [6.07, 6.45) is 2.24. The number of aromatic nitrogens is 2. The topological polar surface area (TPSA) is 59.4 Å². The van der Waals surface area contributed by atoms with Crippen molar-refractivity contribution in [3.63, 3.8) is 0 Å². The van der Waals surface area contributed by atoms with Gasteiger partial charge in [0.25, 0.3) is 0 Å². The number of rotatable bonds is 10. The number of thiol groups is 1. The first kappa shape index (κ1) is 28.7. The van der Waals surface area contributed by atoms with E-state index in [0.29, 0.717) is 50.7 Å². The van der Waals surface area contributed by atoms with Gasteiger partial charge in [0.1, 0.15) is 23.6 Å². The minimum Gasteiger partial charge on any atom is -0.381 e. The monoisotopic (exact) mass is 572 g/mol. The van der Waals surface area contributed by atoms with Crippen LogP contribution in [0.5, 0.6) is 0 Å². The van der Waals surface area contributed by atoms with E-state index in [1.165, 1.54) is 0 Å². The number of halogens is 3. The van der Waals surface area contributed by atoms with Gasteiger partial charge in [-0.15, -0.1) is 0 Å². The molecule has 0 bridgehead atoms. The molecule has 214 valence electrons. The van der Waals surface area contributed by atoms with Crippen molar-refractivity contribution in [2.75, 3.05) is 38.6 Å². The van der Waals surface area contributed by atoms with Crippen LogP contribution in [0, 0.1) is 23.5 Å². The van der Waals surface area contributed by atoms with Crippen LogP contribution in [0.2, 0.25) is 0 Å². The zero-order chi connectivity index (χ0) is 28.1. The van der Waals surface area contributed by atoms with Crippen molar-refractivity contribution < 1.29 is 22.7 Å². The Kier molecular flexibility index (Phi) is 9.49. The van der Waals surface area contributed by atoms with Gasteiger partial charge in [0, 0.05) is 63.5 Å². The van der Waals surface area contributed by atoms with Gasteiger partial charge in [0.2, 0.25) is 5.91 Å². The molecule has 2 saturated heterocycles. The summed E-state index contributed by atoms with van der Waals surface area (Å²) < 4.78 is 51.6. The second-order valence-corrected chi connectivity index (χ2v) is 11.0. The number of benzene rings is 2. The first-order valence-corrected chi connectivity index (χ1v) is 14.5. The molecule has 10 heteroatoms. The average molecular weight is 573 g/mol. The van der Waals surface area contributed by atoms with Gasteiger partial charge < -0.3 is 19.5 Å². The van der Waals surface area contributed by atoms with Gasteiger partial charge >= 0.3 is 0 Å². The summed E-state index contributed by atoms with van der Waals surface area (Å²) in [4.78, 5) is 20.4. The lowest BCUT2D eigenvalue weighted by Gasteiger charge is -2.40. The molecule has 3 atom stereocenters. The Morgan fingerprint density at radius 3 is 2.62 bits per heavy atom. The number of alkyl halides is 1. The maximum Gasteiger partial charge on any atom is 0.224 e. The molecule has 1 N–H and O–H groups in total. The summed E-state index contributed by atoms with van der Waals surface area (Å²) in [5.41, 5.74) is 1.33. The molecule has 2 fully saturated rings. The summed E-state index contributed by atoms with van der Waals surface area (Å²) in [5.74, 6) is -0.710. The van der Waals surface area contributed by atoms with E-state index in [9.17, 15) is 18.0 Å². The Labute approximate surface area is 238 Å². The Hall–Kier alpha value is -2.82. The molecule has 2 aliphatic heterocycles. The van der Waals surface area contributed by atoms with Crippen molar-refractivity contribution in [1.29, 1.82) is 0 Å². The van der Waals surface area contributed by atoms with Crippen molar-refractivity contribution in [3.8, 4) is 11.3 Å². The highest BCUT2D eigenvalue weighted by Crippen LogP contribution is 2.38. The van der Waals surface area contributed by atoms with Gasteiger partial charge in [-0.05, 0) is 48.3 Å². The lowest BCUT2D eigenvalue weighted by Crippen LogP contribution is -2.45. The molecule has 6 nitrogen and oxygen atoms in total. The zero-order valence-electron chi connectivity index (χ0n) is 22.3. The standard InChI is InChI=1S/C30H35F3N4O2S/c31-23-6-7-25(32)24(14-23)27-19-36(17-20-4-2-1-3-5-20)30(35-27)29(21-8-11-39-12-9-21)37(28(38)10-13-40)18-22-15-34-16-26(22)33/h1-7,14,19,21-22,26,29,34,40H,8-13,15-18H2/t22-,26-,29+/m0/s1. The first-order valence-electron chi connectivity index (χ1n) is 13.8. The zero-order valence-corrected chi connectivity index (χ0v) is 23.2. The SMILES string of the molecule is O=C(CCS)N(C[C@@H]1CNC[C@@H]1F)[C@@H](c1nc(-c2cc(F)ccc2F)cn1Cc1ccccc1)C1CCOCC1. The maximum absolute atomic E-state index is 14.9.